The maximum absolute atomic E-state index is 12.8. The number of amides is 1. The number of aryl methyl sites for hydroxylation is 1. The summed E-state index contributed by atoms with van der Waals surface area (Å²) in [5, 5.41) is 2.54. The molecule has 27 heavy (non-hydrogen) atoms. The highest BCUT2D eigenvalue weighted by molar-refractivity contribution is 7.89. The average molecular weight is 398 g/mol. The Hall–Kier alpha value is -1.97. The second kappa shape index (κ2) is 9.82. The van der Waals surface area contributed by atoms with Crippen molar-refractivity contribution in [3.05, 3.63) is 29.3 Å². The number of hydrogen-bond donors (Lipinski definition) is 1. The lowest BCUT2D eigenvalue weighted by atomic mass is 10.1. The van der Waals surface area contributed by atoms with E-state index in [-0.39, 0.29) is 10.5 Å². The molecule has 1 aliphatic rings. The molecular formula is C18H26N2O6S. The van der Waals surface area contributed by atoms with Crippen molar-refractivity contribution in [2.24, 2.45) is 0 Å². The molecule has 1 saturated heterocycles. The van der Waals surface area contributed by atoms with Crippen LogP contribution in [0.5, 0.6) is 0 Å². The zero-order valence-corrected chi connectivity index (χ0v) is 16.5. The minimum atomic E-state index is -3.65. The summed E-state index contributed by atoms with van der Waals surface area (Å²) in [5.41, 5.74) is 0.718. The lowest BCUT2D eigenvalue weighted by Gasteiger charge is -2.26. The van der Waals surface area contributed by atoms with Crippen molar-refractivity contribution in [1.82, 2.24) is 9.62 Å². The van der Waals surface area contributed by atoms with Crippen LogP contribution in [-0.2, 0) is 24.3 Å². The predicted molar refractivity (Wildman–Crippen MR) is 99.0 cm³/mol. The van der Waals surface area contributed by atoms with E-state index in [4.69, 9.17) is 9.47 Å². The number of nitrogens with one attached hydrogen (secondary N) is 1. The quantitative estimate of drug-likeness (QED) is 0.519. The Morgan fingerprint density at radius 1 is 1.19 bits per heavy atom. The number of esters is 1. The molecule has 0 atom stereocenters. The van der Waals surface area contributed by atoms with Gasteiger partial charge in [0.15, 0.2) is 6.61 Å². The summed E-state index contributed by atoms with van der Waals surface area (Å²) in [6.45, 7) is 2.89. The first-order valence-corrected chi connectivity index (χ1v) is 10.3. The number of carbonyl (C=O) groups is 2. The third kappa shape index (κ3) is 5.75. The van der Waals surface area contributed by atoms with Crippen LogP contribution in [0.25, 0.3) is 0 Å². The molecule has 0 saturated carbocycles. The van der Waals surface area contributed by atoms with Gasteiger partial charge < -0.3 is 14.8 Å². The van der Waals surface area contributed by atoms with E-state index in [0.29, 0.717) is 31.8 Å². The Labute approximate surface area is 159 Å². The lowest BCUT2D eigenvalue weighted by molar-refractivity contribution is -0.124. The molecule has 1 amide bonds. The summed E-state index contributed by atoms with van der Waals surface area (Å²) in [6, 6.07) is 4.39. The Bertz CT molecular complexity index is 772. The van der Waals surface area contributed by atoms with E-state index in [1.807, 2.05) is 0 Å². The van der Waals surface area contributed by atoms with Gasteiger partial charge in [0.2, 0.25) is 10.0 Å². The fourth-order valence-electron chi connectivity index (χ4n) is 2.79. The molecule has 1 aromatic carbocycles. The minimum Gasteiger partial charge on any atom is -0.452 e. The maximum atomic E-state index is 12.8. The largest absolute Gasteiger partial charge is 0.452 e. The van der Waals surface area contributed by atoms with Gasteiger partial charge in [0, 0.05) is 26.7 Å². The number of hydrogen-bond acceptors (Lipinski definition) is 6. The van der Waals surface area contributed by atoms with Crippen LogP contribution in [0, 0.1) is 6.92 Å². The summed E-state index contributed by atoms with van der Waals surface area (Å²) < 4.78 is 36.8. The molecule has 0 spiro atoms. The first kappa shape index (κ1) is 21.3. The summed E-state index contributed by atoms with van der Waals surface area (Å²) >= 11 is 0. The second-order valence-corrected chi connectivity index (χ2v) is 8.30. The number of ether oxygens (including phenoxy) is 2. The lowest BCUT2D eigenvalue weighted by Crippen LogP contribution is -2.35. The average Bonchev–Trinajstić information content (AvgIpc) is 2.67. The van der Waals surface area contributed by atoms with Gasteiger partial charge in [0.05, 0.1) is 17.1 Å². The molecule has 8 nitrogen and oxygen atoms in total. The first-order chi connectivity index (χ1) is 12.9. The van der Waals surface area contributed by atoms with Gasteiger partial charge in [0.1, 0.15) is 0 Å². The molecular weight excluding hydrogens is 372 g/mol. The van der Waals surface area contributed by atoms with E-state index in [2.05, 4.69) is 5.32 Å². The Kier molecular flexibility index (Phi) is 7.76. The molecule has 1 heterocycles. The highest BCUT2D eigenvalue weighted by atomic mass is 32.2. The standard InChI is InChI=1S/C18H26N2O6S/c1-14-6-7-15(27(23,24)20-9-4-3-5-10-20)12-16(14)18(22)26-13-17(21)19-8-11-25-2/h6-7,12H,3-5,8-11,13H2,1-2H3,(H,19,21). The number of rotatable bonds is 8. The van der Waals surface area contributed by atoms with Crippen LogP contribution in [0.3, 0.4) is 0 Å². The highest BCUT2D eigenvalue weighted by Gasteiger charge is 2.27. The topological polar surface area (TPSA) is 102 Å². The van der Waals surface area contributed by atoms with E-state index >= 15 is 0 Å². The van der Waals surface area contributed by atoms with Crippen LogP contribution in [0.4, 0.5) is 0 Å². The van der Waals surface area contributed by atoms with Crippen LogP contribution in [0.1, 0.15) is 35.2 Å². The van der Waals surface area contributed by atoms with Gasteiger partial charge in [0.25, 0.3) is 5.91 Å². The molecule has 150 valence electrons. The molecule has 1 aromatic rings. The second-order valence-electron chi connectivity index (χ2n) is 6.36. The zero-order valence-electron chi connectivity index (χ0n) is 15.7. The summed E-state index contributed by atoms with van der Waals surface area (Å²) in [4.78, 5) is 24.0. The van der Waals surface area contributed by atoms with E-state index in [1.165, 1.54) is 23.5 Å². The normalized spacial score (nSPS) is 15.3. The van der Waals surface area contributed by atoms with E-state index in [1.54, 1.807) is 13.0 Å². The molecule has 0 bridgehead atoms. The number of carbonyl (C=O) groups excluding carboxylic acids is 2. The Morgan fingerprint density at radius 3 is 2.56 bits per heavy atom. The van der Waals surface area contributed by atoms with Gasteiger partial charge in [-0.1, -0.05) is 12.5 Å². The van der Waals surface area contributed by atoms with Crippen molar-refractivity contribution in [3.63, 3.8) is 0 Å². The van der Waals surface area contributed by atoms with Crippen LogP contribution in [0.15, 0.2) is 23.1 Å². The minimum absolute atomic E-state index is 0.0616. The molecule has 9 heteroatoms. The van der Waals surface area contributed by atoms with Crippen molar-refractivity contribution in [2.45, 2.75) is 31.1 Å². The van der Waals surface area contributed by atoms with Gasteiger partial charge in [-0.3, -0.25) is 4.79 Å². The Balaban J connectivity index is 2.07. The SMILES string of the molecule is COCCNC(=O)COC(=O)c1cc(S(=O)(=O)N2CCCCC2)ccc1C. The zero-order chi connectivity index (χ0) is 19.9. The fraction of sp³-hybridized carbons (Fsp3) is 0.556. The van der Waals surface area contributed by atoms with Crippen molar-refractivity contribution in [2.75, 3.05) is 40.0 Å². The molecule has 0 radical (unpaired) electrons. The van der Waals surface area contributed by atoms with Crippen molar-refractivity contribution >= 4 is 21.9 Å². The van der Waals surface area contributed by atoms with Crippen LogP contribution in [0.2, 0.25) is 0 Å². The van der Waals surface area contributed by atoms with Crippen LogP contribution >= 0.6 is 0 Å². The summed E-state index contributed by atoms with van der Waals surface area (Å²) in [7, 11) is -2.13. The highest BCUT2D eigenvalue weighted by Crippen LogP contribution is 2.23. The molecule has 0 aliphatic carbocycles. The molecule has 1 N–H and O–H groups in total. The number of sulfonamides is 1. The van der Waals surface area contributed by atoms with Crippen LogP contribution in [-0.4, -0.2) is 64.6 Å². The van der Waals surface area contributed by atoms with E-state index in [0.717, 1.165) is 19.3 Å². The molecule has 2 rings (SSSR count). The maximum Gasteiger partial charge on any atom is 0.338 e. The van der Waals surface area contributed by atoms with E-state index in [9.17, 15) is 18.0 Å². The van der Waals surface area contributed by atoms with Crippen LogP contribution < -0.4 is 5.32 Å². The molecule has 0 unspecified atom stereocenters. The third-order valence-corrected chi connectivity index (χ3v) is 6.24. The predicted octanol–water partition coefficient (Wildman–Crippen LogP) is 1.09. The van der Waals surface area contributed by atoms with Crippen molar-refractivity contribution in [1.29, 1.82) is 0 Å². The van der Waals surface area contributed by atoms with Gasteiger partial charge in [-0.2, -0.15) is 4.31 Å². The van der Waals surface area contributed by atoms with Crippen molar-refractivity contribution < 1.29 is 27.5 Å². The first-order valence-electron chi connectivity index (χ1n) is 8.90. The molecule has 1 fully saturated rings. The fourth-order valence-corrected chi connectivity index (χ4v) is 4.33. The number of piperidine rings is 1. The number of benzene rings is 1. The third-order valence-electron chi connectivity index (χ3n) is 4.34. The van der Waals surface area contributed by atoms with Gasteiger partial charge >= 0.3 is 5.97 Å². The number of methoxy groups -OCH3 is 1. The molecule has 0 aromatic heterocycles. The number of nitrogens with zero attached hydrogens (tertiary/aromatic N) is 1. The summed E-state index contributed by atoms with van der Waals surface area (Å²) in [5.74, 6) is -1.18. The smallest absolute Gasteiger partial charge is 0.338 e. The monoisotopic (exact) mass is 398 g/mol. The van der Waals surface area contributed by atoms with Gasteiger partial charge in [-0.05, 0) is 37.5 Å². The van der Waals surface area contributed by atoms with Gasteiger partial charge in [-0.15, -0.1) is 0 Å². The summed E-state index contributed by atoms with van der Waals surface area (Å²) in [6.07, 6.45) is 2.68. The van der Waals surface area contributed by atoms with E-state index < -0.39 is 28.5 Å². The van der Waals surface area contributed by atoms with Gasteiger partial charge in [-0.25, -0.2) is 13.2 Å². The molecule has 1 aliphatic heterocycles. The van der Waals surface area contributed by atoms with Crippen molar-refractivity contribution in [3.8, 4) is 0 Å². The Morgan fingerprint density at radius 2 is 1.89 bits per heavy atom.